The highest BCUT2D eigenvalue weighted by molar-refractivity contribution is 7.90. The van der Waals surface area contributed by atoms with Crippen molar-refractivity contribution in [3.8, 4) is 5.75 Å². The van der Waals surface area contributed by atoms with E-state index in [4.69, 9.17) is 4.74 Å². The fourth-order valence-electron chi connectivity index (χ4n) is 4.30. The summed E-state index contributed by atoms with van der Waals surface area (Å²) in [6.45, 7) is 0.950. The number of rotatable bonds is 11. The summed E-state index contributed by atoms with van der Waals surface area (Å²) in [6.07, 6.45) is 3.83. The highest BCUT2D eigenvalue weighted by Crippen LogP contribution is 2.24. The first-order valence-corrected chi connectivity index (χ1v) is 13.6. The molecule has 1 aliphatic rings. The van der Waals surface area contributed by atoms with Crippen LogP contribution in [0.1, 0.15) is 38.2 Å². The third-order valence-corrected chi connectivity index (χ3v) is 8.30. The Hall–Kier alpha value is -3.18. The monoisotopic (exact) mass is 534 g/mol. The predicted octanol–water partition coefficient (Wildman–Crippen LogP) is 2.92. The van der Waals surface area contributed by atoms with Gasteiger partial charge in [-0.15, -0.1) is 0 Å². The second-order valence-electron chi connectivity index (χ2n) is 9.29. The number of nitrogens with one attached hydrogen (secondary N) is 1. The fourth-order valence-corrected chi connectivity index (χ4v) is 5.36. The lowest BCUT2D eigenvalue weighted by atomic mass is 10.1. The molecule has 0 aromatic heterocycles. The van der Waals surface area contributed by atoms with Gasteiger partial charge in [0.1, 0.15) is 24.2 Å². The Kier molecular flexibility index (Phi) is 9.50. The third-order valence-electron chi connectivity index (χ3n) is 6.50. The molecule has 1 atom stereocenters. The molecular formula is C26H35FN4O5S. The number of hydrogen-bond acceptors (Lipinski definition) is 5. The van der Waals surface area contributed by atoms with Gasteiger partial charge in [-0.3, -0.25) is 9.59 Å². The molecule has 2 aromatic rings. The van der Waals surface area contributed by atoms with E-state index in [0.717, 1.165) is 40.4 Å². The van der Waals surface area contributed by atoms with Gasteiger partial charge in [0.05, 0.1) is 12.8 Å². The van der Waals surface area contributed by atoms with Crippen LogP contribution in [0.25, 0.3) is 0 Å². The lowest BCUT2D eigenvalue weighted by Gasteiger charge is -2.33. The van der Waals surface area contributed by atoms with Crippen LogP contribution in [0.4, 0.5) is 10.1 Å². The van der Waals surface area contributed by atoms with E-state index in [0.29, 0.717) is 11.3 Å². The molecule has 11 heteroatoms. The largest absolute Gasteiger partial charge is 0.497 e. The van der Waals surface area contributed by atoms with Gasteiger partial charge < -0.3 is 15.0 Å². The molecule has 2 aromatic carbocycles. The molecule has 202 valence electrons. The Morgan fingerprint density at radius 2 is 1.78 bits per heavy atom. The lowest BCUT2D eigenvalue weighted by Crippen LogP contribution is -2.53. The van der Waals surface area contributed by atoms with E-state index < -0.39 is 34.5 Å². The zero-order valence-corrected chi connectivity index (χ0v) is 22.5. The minimum Gasteiger partial charge on any atom is -0.497 e. The molecule has 3 rings (SSSR count). The van der Waals surface area contributed by atoms with Crippen molar-refractivity contribution in [3.05, 3.63) is 59.9 Å². The molecule has 9 nitrogen and oxygen atoms in total. The zero-order chi connectivity index (χ0) is 27.2. The summed E-state index contributed by atoms with van der Waals surface area (Å²) in [5.41, 5.74) is 0.440. The van der Waals surface area contributed by atoms with Gasteiger partial charge in [0.25, 0.3) is 0 Å². The maximum atomic E-state index is 14.7. The van der Waals surface area contributed by atoms with Crippen molar-refractivity contribution in [2.24, 2.45) is 0 Å². The number of carbonyl (C=O) groups excluding carboxylic acids is 2. The van der Waals surface area contributed by atoms with E-state index in [1.165, 1.54) is 44.3 Å². The van der Waals surface area contributed by atoms with Gasteiger partial charge in [-0.05, 0) is 49.6 Å². The van der Waals surface area contributed by atoms with Gasteiger partial charge >= 0.3 is 10.2 Å². The van der Waals surface area contributed by atoms with Crippen LogP contribution in [0.5, 0.6) is 5.75 Å². The third kappa shape index (κ3) is 6.98. The summed E-state index contributed by atoms with van der Waals surface area (Å²) >= 11 is 0. The minimum absolute atomic E-state index is 0.0302. The molecule has 0 radical (unpaired) electrons. The topological polar surface area (TPSA) is 99.3 Å². The molecule has 2 amide bonds. The first-order chi connectivity index (χ1) is 17.5. The summed E-state index contributed by atoms with van der Waals surface area (Å²) in [6, 6.07) is 11.6. The molecule has 0 spiro atoms. The Labute approximate surface area is 218 Å². The first kappa shape index (κ1) is 28.4. The van der Waals surface area contributed by atoms with Crippen LogP contribution in [0.15, 0.2) is 48.5 Å². The number of carbonyl (C=O) groups is 2. The average molecular weight is 535 g/mol. The van der Waals surface area contributed by atoms with Crippen LogP contribution < -0.4 is 14.4 Å². The van der Waals surface area contributed by atoms with E-state index in [1.807, 2.05) is 0 Å². The Bertz CT molecular complexity index is 1200. The van der Waals surface area contributed by atoms with E-state index in [-0.39, 0.29) is 24.2 Å². The van der Waals surface area contributed by atoms with E-state index in [9.17, 15) is 22.4 Å². The summed E-state index contributed by atoms with van der Waals surface area (Å²) < 4.78 is 47.9. The number of halogens is 1. The number of methoxy groups -OCH3 is 1. The van der Waals surface area contributed by atoms with Crippen LogP contribution in [0.3, 0.4) is 0 Å². The van der Waals surface area contributed by atoms with Gasteiger partial charge in [-0.2, -0.15) is 12.7 Å². The van der Waals surface area contributed by atoms with Crippen molar-refractivity contribution >= 4 is 27.7 Å². The van der Waals surface area contributed by atoms with Gasteiger partial charge in [0, 0.05) is 26.7 Å². The van der Waals surface area contributed by atoms with Crippen molar-refractivity contribution in [1.82, 2.24) is 14.5 Å². The number of hydrogen-bond donors (Lipinski definition) is 1. The fraction of sp³-hybridized carbons (Fsp3) is 0.462. The number of amides is 2. The first-order valence-electron chi connectivity index (χ1n) is 12.2. The summed E-state index contributed by atoms with van der Waals surface area (Å²) in [4.78, 5) is 28.2. The van der Waals surface area contributed by atoms with Crippen molar-refractivity contribution in [1.29, 1.82) is 0 Å². The molecule has 1 saturated carbocycles. The molecule has 0 aliphatic heterocycles. The smallest absolute Gasteiger partial charge is 0.304 e. The highest BCUT2D eigenvalue weighted by atomic mass is 32.2. The van der Waals surface area contributed by atoms with Gasteiger partial charge in [-0.25, -0.2) is 8.70 Å². The standard InChI is InChI=1S/C26H35FN4O5S/c1-19(26(33)28-21-11-5-6-12-21)30(17-20-10-9-13-22(16-20)36-4)25(32)18-31(37(34,35)29(2)3)24-15-8-7-14-23(24)27/h7-10,13-16,19,21H,5-6,11-12,17-18H2,1-4H3,(H,28,33). The molecule has 1 unspecified atom stereocenters. The Balaban J connectivity index is 1.95. The number of anilines is 1. The Morgan fingerprint density at radius 1 is 1.11 bits per heavy atom. The summed E-state index contributed by atoms with van der Waals surface area (Å²) in [5, 5.41) is 3.01. The van der Waals surface area contributed by atoms with Gasteiger partial charge in [-0.1, -0.05) is 37.1 Å². The lowest BCUT2D eigenvalue weighted by molar-refractivity contribution is -0.139. The number of nitrogens with zero attached hydrogens (tertiary/aromatic N) is 3. The normalized spacial score (nSPS) is 14.9. The zero-order valence-electron chi connectivity index (χ0n) is 21.7. The van der Waals surface area contributed by atoms with E-state index in [1.54, 1.807) is 31.2 Å². The number of para-hydroxylation sites is 1. The van der Waals surface area contributed by atoms with E-state index in [2.05, 4.69) is 5.32 Å². The van der Waals surface area contributed by atoms with Crippen molar-refractivity contribution in [2.75, 3.05) is 32.1 Å². The summed E-state index contributed by atoms with van der Waals surface area (Å²) in [5.74, 6) is -1.18. The van der Waals surface area contributed by atoms with Crippen molar-refractivity contribution < 1.29 is 27.1 Å². The van der Waals surface area contributed by atoms with Gasteiger partial charge in [0.2, 0.25) is 11.8 Å². The minimum atomic E-state index is -4.23. The molecule has 0 heterocycles. The van der Waals surface area contributed by atoms with E-state index >= 15 is 0 Å². The van der Waals surface area contributed by atoms with Crippen molar-refractivity contribution in [3.63, 3.8) is 0 Å². The van der Waals surface area contributed by atoms with Gasteiger partial charge in [0.15, 0.2) is 0 Å². The number of ether oxygens (including phenoxy) is 1. The predicted molar refractivity (Wildman–Crippen MR) is 140 cm³/mol. The van der Waals surface area contributed by atoms with Crippen LogP contribution in [-0.4, -0.2) is 69.3 Å². The second-order valence-corrected chi connectivity index (χ2v) is 11.4. The second kappa shape index (κ2) is 12.4. The average Bonchev–Trinajstić information content (AvgIpc) is 3.38. The Morgan fingerprint density at radius 3 is 2.41 bits per heavy atom. The molecular weight excluding hydrogens is 499 g/mol. The van der Waals surface area contributed by atoms with Crippen LogP contribution in [-0.2, 0) is 26.3 Å². The van der Waals surface area contributed by atoms with Crippen LogP contribution >= 0.6 is 0 Å². The molecule has 37 heavy (non-hydrogen) atoms. The molecule has 0 bridgehead atoms. The molecule has 1 fully saturated rings. The van der Waals surface area contributed by atoms with Crippen molar-refractivity contribution in [2.45, 2.75) is 51.2 Å². The molecule has 1 N–H and O–H groups in total. The quantitative estimate of drug-likeness (QED) is 0.478. The van der Waals surface area contributed by atoms with Crippen LogP contribution in [0.2, 0.25) is 0 Å². The maximum Gasteiger partial charge on any atom is 0.304 e. The number of benzene rings is 2. The maximum absolute atomic E-state index is 14.7. The SMILES string of the molecule is COc1cccc(CN(C(=O)CN(c2ccccc2F)S(=O)(=O)N(C)C)C(C)C(=O)NC2CCCC2)c1. The highest BCUT2D eigenvalue weighted by Gasteiger charge is 2.34. The molecule has 0 saturated heterocycles. The molecule has 1 aliphatic carbocycles. The van der Waals surface area contributed by atoms with Crippen LogP contribution in [0, 0.1) is 5.82 Å². The summed E-state index contributed by atoms with van der Waals surface area (Å²) in [7, 11) is -0.0969.